The second-order valence-corrected chi connectivity index (χ2v) is 6.09. The van der Waals surface area contributed by atoms with Gasteiger partial charge in [0, 0.05) is 50.6 Å². The number of hydrogen-bond acceptors (Lipinski definition) is 5. The van der Waals surface area contributed by atoms with Crippen LogP contribution in [0.4, 0.5) is 5.69 Å². The van der Waals surface area contributed by atoms with Gasteiger partial charge in [0.2, 0.25) is 0 Å². The van der Waals surface area contributed by atoms with Crippen LogP contribution in [0.15, 0.2) is 42.5 Å². The van der Waals surface area contributed by atoms with Gasteiger partial charge in [-0.25, -0.2) is 9.59 Å². The average molecular weight is 364 g/mol. The number of ether oxygens (including phenoxy) is 1. The van der Waals surface area contributed by atoms with E-state index in [-0.39, 0.29) is 0 Å². The summed E-state index contributed by atoms with van der Waals surface area (Å²) in [5, 5.41) is 15.6. The SMILES string of the molecule is COCCN(C)CC1CCCN1c1ccccc1.O=C(O)C=CC(=O)O. The van der Waals surface area contributed by atoms with E-state index in [9.17, 15) is 9.59 Å². The van der Waals surface area contributed by atoms with Crippen LogP contribution in [-0.4, -0.2) is 73.5 Å². The third-order valence-electron chi connectivity index (χ3n) is 4.03. The monoisotopic (exact) mass is 364 g/mol. The number of para-hydroxylation sites is 1. The Kier molecular flexibility index (Phi) is 10.0. The van der Waals surface area contributed by atoms with Gasteiger partial charge in [-0.05, 0) is 32.0 Å². The Bertz CT molecular complexity index is 561. The summed E-state index contributed by atoms with van der Waals surface area (Å²) in [7, 11) is 3.94. The summed E-state index contributed by atoms with van der Waals surface area (Å²) in [6.07, 6.45) is 3.72. The number of rotatable bonds is 8. The van der Waals surface area contributed by atoms with E-state index in [1.54, 1.807) is 7.11 Å². The molecule has 1 aliphatic rings. The standard InChI is InChI=1S/C15H24N2O.C4H4O4/c1-16(11-12-18-2)13-15-9-6-10-17(15)14-7-4-3-5-8-14;5-3(6)1-2-4(7)8/h3-5,7-8,15H,6,9-13H2,1-2H3;1-2H,(H,5,6)(H,7,8). The van der Waals surface area contributed by atoms with Crippen LogP contribution in [0.3, 0.4) is 0 Å². The van der Waals surface area contributed by atoms with E-state index in [1.807, 2.05) is 0 Å². The first-order chi connectivity index (χ1) is 12.4. The summed E-state index contributed by atoms with van der Waals surface area (Å²) in [5.74, 6) is -2.51. The van der Waals surface area contributed by atoms with Crippen LogP contribution >= 0.6 is 0 Å². The van der Waals surface area contributed by atoms with Crippen LogP contribution in [0, 0.1) is 0 Å². The molecular weight excluding hydrogens is 336 g/mol. The summed E-state index contributed by atoms with van der Waals surface area (Å²) in [5.41, 5.74) is 1.36. The maximum absolute atomic E-state index is 9.55. The molecule has 26 heavy (non-hydrogen) atoms. The third-order valence-corrected chi connectivity index (χ3v) is 4.03. The van der Waals surface area contributed by atoms with Crippen molar-refractivity contribution in [3.05, 3.63) is 42.5 Å². The summed E-state index contributed by atoms with van der Waals surface area (Å²) >= 11 is 0. The minimum Gasteiger partial charge on any atom is -0.478 e. The Morgan fingerprint density at radius 3 is 2.38 bits per heavy atom. The second kappa shape index (κ2) is 12.1. The molecule has 1 aliphatic heterocycles. The molecule has 0 bridgehead atoms. The van der Waals surface area contributed by atoms with Crippen molar-refractivity contribution in [3.8, 4) is 0 Å². The molecule has 1 heterocycles. The molecule has 1 fully saturated rings. The molecule has 1 saturated heterocycles. The number of benzene rings is 1. The highest BCUT2D eigenvalue weighted by Gasteiger charge is 2.25. The predicted octanol–water partition coefficient (Wildman–Crippen LogP) is 1.95. The average Bonchev–Trinajstić information content (AvgIpc) is 3.07. The molecule has 144 valence electrons. The number of carbonyl (C=O) groups is 2. The zero-order valence-electron chi connectivity index (χ0n) is 15.4. The normalized spacial score (nSPS) is 16.6. The third kappa shape index (κ3) is 8.64. The largest absolute Gasteiger partial charge is 0.478 e. The Balaban J connectivity index is 0.000000359. The molecule has 1 aromatic carbocycles. The van der Waals surface area contributed by atoms with Crippen LogP contribution in [0.5, 0.6) is 0 Å². The quantitative estimate of drug-likeness (QED) is 0.681. The van der Waals surface area contributed by atoms with Gasteiger partial charge in [0.25, 0.3) is 0 Å². The van der Waals surface area contributed by atoms with Gasteiger partial charge in [-0.3, -0.25) is 0 Å². The van der Waals surface area contributed by atoms with E-state index in [4.69, 9.17) is 14.9 Å². The molecule has 1 unspecified atom stereocenters. The number of anilines is 1. The van der Waals surface area contributed by atoms with Gasteiger partial charge in [-0.15, -0.1) is 0 Å². The molecule has 2 N–H and O–H groups in total. The van der Waals surface area contributed by atoms with Gasteiger partial charge in [-0.1, -0.05) is 18.2 Å². The Morgan fingerprint density at radius 2 is 1.85 bits per heavy atom. The van der Waals surface area contributed by atoms with Crippen LogP contribution in [-0.2, 0) is 14.3 Å². The minimum atomic E-state index is -1.26. The summed E-state index contributed by atoms with van der Waals surface area (Å²) < 4.78 is 5.13. The van der Waals surface area contributed by atoms with Crippen LogP contribution < -0.4 is 4.90 Å². The Morgan fingerprint density at radius 1 is 1.23 bits per heavy atom. The molecule has 0 aromatic heterocycles. The minimum absolute atomic E-state index is 0.558. The van der Waals surface area contributed by atoms with E-state index < -0.39 is 11.9 Å². The number of carboxylic acid groups (broad SMARTS) is 2. The Labute approximate surface area is 154 Å². The summed E-state index contributed by atoms with van der Waals surface area (Å²) in [4.78, 5) is 24.0. The van der Waals surface area contributed by atoms with E-state index in [2.05, 4.69) is 47.2 Å². The van der Waals surface area contributed by atoms with Gasteiger partial charge < -0.3 is 24.7 Å². The molecule has 2 rings (SSSR count). The Hall–Kier alpha value is -2.38. The van der Waals surface area contributed by atoms with Crippen molar-refractivity contribution in [2.24, 2.45) is 0 Å². The molecule has 0 radical (unpaired) electrons. The highest BCUT2D eigenvalue weighted by atomic mass is 16.5. The fraction of sp³-hybridized carbons (Fsp3) is 0.474. The van der Waals surface area contributed by atoms with Gasteiger partial charge in [-0.2, -0.15) is 0 Å². The maximum Gasteiger partial charge on any atom is 0.328 e. The molecular formula is C19H28N2O5. The topological polar surface area (TPSA) is 90.3 Å². The lowest BCUT2D eigenvalue weighted by Crippen LogP contribution is -2.39. The highest BCUT2D eigenvalue weighted by Crippen LogP contribution is 2.25. The van der Waals surface area contributed by atoms with Crippen LogP contribution in [0.1, 0.15) is 12.8 Å². The predicted molar refractivity (Wildman–Crippen MR) is 101 cm³/mol. The van der Waals surface area contributed by atoms with E-state index in [0.29, 0.717) is 18.2 Å². The lowest BCUT2D eigenvalue weighted by Gasteiger charge is -2.30. The van der Waals surface area contributed by atoms with E-state index >= 15 is 0 Å². The highest BCUT2D eigenvalue weighted by molar-refractivity contribution is 5.89. The number of methoxy groups -OCH3 is 1. The van der Waals surface area contributed by atoms with Crippen molar-refractivity contribution in [1.29, 1.82) is 0 Å². The first-order valence-electron chi connectivity index (χ1n) is 8.57. The maximum atomic E-state index is 9.55. The summed E-state index contributed by atoms with van der Waals surface area (Å²) in [6.45, 7) is 4.13. The molecule has 1 aromatic rings. The lowest BCUT2D eigenvalue weighted by atomic mass is 10.2. The first-order valence-corrected chi connectivity index (χ1v) is 8.57. The number of aliphatic carboxylic acids is 2. The van der Waals surface area contributed by atoms with Gasteiger partial charge >= 0.3 is 11.9 Å². The van der Waals surface area contributed by atoms with Crippen LogP contribution in [0.2, 0.25) is 0 Å². The second-order valence-electron chi connectivity index (χ2n) is 6.09. The molecule has 0 amide bonds. The van der Waals surface area contributed by atoms with E-state index in [0.717, 1.165) is 19.7 Å². The number of likely N-dealkylation sites (N-methyl/N-ethyl adjacent to an activating group) is 1. The molecule has 7 nitrogen and oxygen atoms in total. The molecule has 7 heteroatoms. The lowest BCUT2D eigenvalue weighted by molar-refractivity contribution is -0.134. The van der Waals surface area contributed by atoms with Gasteiger partial charge in [0.15, 0.2) is 0 Å². The number of nitrogens with zero attached hydrogens (tertiary/aromatic N) is 2. The zero-order valence-corrected chi connectivity index (χ0v) is 15.4. The van der Waals surface area contributed by atoms with Crippen molar-refractivity contribution < 1.29 is 24.5 Å². The van der Waals surface area contributed by atoms with Crippen molar-refractivity contribution in [2.75, 3.05) is 45.3 Å². The number of carboxylic acids is 2. The molecule has 0 aliphatic carbocycles. The van der Waals surface area contributed by atoms with Crippen molar-refractivity contribution in [1.82, 2.24) is 4.90 Å². The van der Waals surface area contributed by atoms with E-state index in [1.165, 1.54) is 25.1 Å². The molecule has 0 spiro atoms. The first kappa shape index (κ1) is 21.7. The summed E-state index contributed by atoms with van der Waals surface area (Å²) in [6, 6.07) is 11.4. The van der Waals surface area contributed by atoms with Crippen molar-refractivity contribution >= 4 is 17.6 Å². The smallest absolute Gasteiger partial charge is 0.328 e. The van der Waals surface area contributed by atoms with Crippen molar-refractivity contribution in [2.45, 2.75) is 18.9 Å². The van der Waals surface area contributed by atoms with Gasteiger partial charge in [0.1, 0.15) is 0 Å². The zero-order chi connectivity index (χ0) is 19.4. The molecule has 0 saturated carbocycles. The fourth-order valence-electron chi connectivity index (χ4n) is 2.83. The van der Waals surface area contributed by atoms with Gasteiger partial charge in [0.05, 0.1) is 6.61 Å². The fourth-order valence-corrected chi connectivity index (χ4v) is 2.83. The van der Waals surface area contributed by atoms with Crippen molar-refractivity contribution in [3.63, 3.8) is 0 Å². The number of hydrogen-bond donors (Lipinski definition) is 2. The molecule has 1 atom stereocenters. The van der Waals surface area contributed by atoms with Crippen LogP contribution in [0.25, 0.3) is 0 Å².